The molecule has 2 heterocycles. The summed E-state index contributed by atoms with van der Waals surface area (Å²) in [7, 11) is 0. The van der Waals surface area contributed by atoms with E-state index in [4.69, 9.17) is 4.74 Å². The van der Waals surface area contributed by atoms with Gasteiger partial charge in [-0.15, -0.1) is 6.58 Å². The van der Waals surface area contributed by atoms with Crippen LogP contribution in [0.1, 0.15) is 59.3 Å². The van der Waals surface area contributed by atoms with Crippen molar-refractivity contribution >= 4 is 6.09 Å². The minimum atomic E-state index is -0.698. The molecule has 0 saturated carbocycles. The molecule has 0 spiro atoms. The molecule has 2 bridgehead atoms. The highest BCUT2D eigenvalue weighted by Gasteiger charge is 2.47. The monoisotopic (exact) mass is 281 g/mol. The van der Waals surface area contributed by atoms with Crippen molar-refractivity contribution in [3.63, 3.8) is 0 Å². The zero-order chi connectivity index (χ0) is 15.0. The molecule has 0 aromatic rings. The van der Waals surface area contributed by atoms with Crippen molar-refractivity contribution in [1.82, 2.24) is 4.90 Å². The van der Waals surface area contributed by atoms with Crippen LogP contribution in [0.5, 0.6) is 0 Å². The van der Waals surface area contributed by atoms with Gasteiger partial charge in [-0.05, 0) is 59.3 Å². The van der Waals surface area contributed by atoms with Gasteiger partial charge in [0, 0.05) is 12.1 Å². The van der Waals surface area contributed by atoms with Crippen LogP contribution in [0.15, 0.2) is 12.7 Å². The van der Waals surface area contributed by atoms with Crippen molar-refractivity contribution in [2.75, 3.05) is 0 Å². The molecule has 2 aliphatic rings. The minimum absolute atomic E-state index is 0.0994. The van der Waals surface area contributed by atoms with Crippen LogP contribution in [-0.2, 0) is 4.74 Å². The Labute approximate surface area is 121 Å². The quantitative estimate of drug-likeness (QED) is 0.790. The van der Waals surface area contributed by atoms with Crippen molar-refractivity contribution in [2.45, 2.75) is 82.6 Å². The lowest BCUT2D eigenvalue weighted by molar-refractivity contribution is -0.0907. The number of ether oxygens (including phenoxy) is 1. The van der Waals surface area contributed by atoms with Crippen LogP contribution in [0.3, 0.4) is 0 Å². The molecule has 4 nitrogen and oxygen atoms in total. The van der Waals surface area contributed by atoms with Gasteiger partial charge in [-0.3, -0.25) is 0 Å². The molecule has 1 amide bonds. The van der Waals surface area contributed by atoms with E-state index in [0.29, 0.717) is 19.3 Å². The Balaban J connectivity index is 2.12. The zero-order valence-electron chi connectivity index (χ0n) is 12.9. The Kier molecular flexibility index (Phi) is 4.14. The average Bonchev–Trinajstić information content (AvgIpc) is 2.24. The van der Waals surface area contributed by atoms with E-state index in [-0.39, 0.29) is 18.2 Å². The summed E-state index contributed by atoms with van der Waals surface area (Å²) in [6.07, 6.45) is 6.45. The maximum atomic E-state index is 12.4. The number of piperidine rings is 2. The van der Waals surface area contributed by atoms with Gasteiger partial charge in [-0.25, -0.2) is 4.79 Å². The topological polar surface area (TPSA) is 49.8 Å². The normalized spacial score (nSPS) is 33.7. The van der Waals surface area contributed by atoms with Crippen molar-refractivity contribution in [2.24, 2.45) is 0 Å². The molecule has 2 atom stereocenters. The van der Waals surface area contributed by atoms with E-state index in [9.17, 15) is 9.90 Å². The second-order valence-electron chi connectivity index (χ2n) is 7.25. The molecule has 1 N–H and O–H groups in total. The fourth-order valence-corrected chi connectivity index (χ4v) is 3.57. The van der Waals surface area contributed by atoms with E-state index in [0.717, 1.165) is 19.3 Å². The highest BCUT2D eigenvalue weighted by Crippen LogP contribution is 2.41. The highest BCUT2D eigenvalue weighted by atomic mass is 16.6. The lowest BCUT2D eigenvalue weighted by atomic mass is 9.74. The van der Waals surface area contributed by atoms with Crippen LogP contribution >= 0.6 is 0 Å². The number of nitrogens with zero attached hydrogens (tertiary/aromatic N) is 1. The number of fused-ring (bicyclic) bond motifs is 2. The smallest absolute Gasteiger partial charge is 0.410 e. The molecular weight excluding hydrogens is 254 g/mol. The first-order valence-corrected chi connectivity index (χ1v) is 7.59. The largest absolute Gasteiger partial charge is 0.444 e. The van der Waals surface area contributed by atoms with Gasteiger partial charge in [-0.1, -0.05) is 6.08 Å². The highest BCUT2D eigenvalue weighted by molar-refractivity contribution is 5.69. The molecule has 20 heavy (non-hydrogen) atoms. The Morgan fingerprint density at radius 2 is 1.95 bits per heavy atom. The second kappa shape index (κ2) is 5.40. The Morgan fingerprint density at radius 1 is 1.40 bits per heavy atom. The van der Waals surface area contributed by atoms with Gasteiger partial charge in [0.2, 0.25) is 0 Å². The molecule has 0 aromatic carbocycles. The van der Waals surface area contributed by atoms with Crippen LogP contribution in [0.2, 0.25) is 0 Å². The third-order valence-electron chi connectivity index (χ3n) is 4.22. The summed E-state index contributed by atoms with van der Waals surface area (Å²) < 4.78 is 5.53. The number of aliphatic hydroxyl groups is 1. The molecule has 2 rings (SSSR count). The van der Waals surface area contributed by atoms with Crippen molar-refractivity contribution in [1.29, 1.82) is 0 Å². The van der Waals surface area contributed by atoms with E-state index in [2.05, 4.69) is 6.58 Å². The summed E-state index contributed by atoms with van der Waals surface area (Å²) in [5.41, 5.74) is -1.17. The number of hydrogen-bond acceptors (Lipinski definition) is 3. The molecule has 0 aromatic heterocycles. The van der Waals surface area contributed by atoms with Crippen molar-refractivity contribution in [3.8, 4) is 0 Å². The summed E-state index contributed by atoms with van der Waals surface area (Å²) in [5, 5.41) is 10.7. The van der Waals surface area contributed by atoms with E-state index in [1.54, 1.807) is 6.08 Å². The predicted molar refractivity (Wildman–Crippen MR) is 78.5 cm³/mol. The molecule has 2 saturated heterocycles. The first kappa shape index (κ1) is 15.4. The fraction of sp³-hybridized carbons (Fsp3) is 0.812. The van der Waals surface area contributed by atoms with Gasteiger partial charge in [0.25, 0.3) is 0 Å². The SMILES string of the molecule is C=CCC1(O)CC2CCCC(C1)N2C(=O)OC(C)(C)C. The van der Waals surface area contributed by atoms with Crippen LogP contribution in [-0.4, -0.2) is 39.4 Å². The Hall–Kier alpha value is -1.03. The van der Waals surface area contributed by atoms with E-state index in [1.165, 1.54) is 0 Å². The second-order valence-corrected chi connectivity index (χ2v) is 7.25. The molecule has 2 unspecified atom stereocenters. The molecular formula is C16H27NO3. The Bertz CT molecular complexity index is 372. The molecule has 4 heteroatoms. The van der Waals surface area contributed by atoms with Crippen molar-refractivity contribution < 1.29 is 14.6 Å². The van der Waals surface area contributed by atoms with Gasteiger partial charge < -0.3 is 14.7 Å². The van der Waals surface area contributed by atoms with Crippen molar-refractivity contribution in [3.05, 3.63) is 12.7 Å². The molecule has 0 radical (unpaired) electrons. The predicted octanol–water partition coefficient (Wildman–Crippen LogP) is 3.25. The van der Waals surface area contributed by atoms with Crippen LogP contribution in [0.25, 0.3) is 0 Å². The molecule has 114 valence electrons. The van der Waals surface area contributed by atoms with Crippen LogP contribution in [0.4, 0.5) is 4.79 Å². The van der Waals surface area contributed by atoms with E-state index >= 15 is 0 Å². The lowest BCUT2D eigenvalue weighted by Gasteiger charge is -2.51. The third kappa shape index (κ3) is 3.35. The van der Waals surface area contributed by atoms with E-state index in [1.807, 2.05) is 25.7 Å². The Morgan fingerprint density at radius 3 is 2.40 bits per heavy atom. The fourth-order valence-electron chi connectivity index (χ4n) is 3.57. The van der Waals surface area contributed by atoms with Gasteiger partial charge in [-0.2, -0.15) is 0 Å². The number of carbonyl (C=O) groups is 1. The zero-order valence-corrected chi connectivity index (χ0v) is 12.9. The summed E-state index contributed by atoms with van der Waals surface area (Å²) in [4.78, 5) is 14.3. The first-order valence-electron chi connectivity index (χ1n) is 7.59. The number of amides is 1. The maximum Gasteiger partial charge on any atom is 0.410 e. The lowest BCUT2D eigenvalue weighted by Crippen LogP contribution is -2.60. The van der Waals surface area contributed by atoms with Gasteiger partial charge >= 0.3 is 6.09 Å². The summed E-state index contributed by atoms with van der Waals surface area (Å²) in [5.74, 6) is 0. The number of carbonyl (C=O) groups excluding carboxylic acids is 1. The van der Waals surface area contributed by atoms with E-state index < -0.39 is 11.2 Å². The number of rotatable bonds is 2. The summed E-state index contributed by atoms with van der Waals surface area (Å²) in [6, 6.07) is 0.199. The standard InChI is InChI=1S/C16H27NO3/c1-5-9-16(19)10-12-7-6-8-13(11-16)17(12)14(18)20-15(2,3)4/h5,12-13,19H,1,6-11H2,2-4H3. The summed E-state index contributed by atoms with van der Waals surface area (Å²) >= 11 is 0. The first-order chi connectivity index (χ1) is 9.24. The minimum Gasteiger partial charge on any atom is -0.444 e. The molecule has 0 aliphatic carbocycles. The number of hydrogen-bond donors (Lipinski definition) is 1. The average molecular weight is 281 g/mol. The van der Waals surface area contributed by atoms with Gasteiger partial charge in [0.15, 0.2) is 0 Å². The maximum absolute atomic E-state index is 12.4. The third-order valence-corrected chi connectivity index (χ3v) is 4.22. The van der Waals surface area contributed by atoms with Crippen LogP contribution < -0.4 is 0 Å². The van der Waals surface area contributed by atoms with Crippen LogP contribution in [0, 0.1) is 0 Å². The summed E-state index contributed by atoms with van der Waals surface area (Å²) in [6.45, 7) is 9.39. The van der Waals surface area contributed by atoms with Gasteiger partial charge in [0.05, 0.1) is 5.60 Å². The van der Waals surface area contributed by atoms with Gasteiger partial charge in [0.1, 0.15) is 5.60 Å². The molecule has 2 fully saturated rings. The molecule has 2 aliphatic heterocycles.